The van der Waals surface area contributed by atoms with Crippen molar-refractivity contribution in [3.63, 3.8) is 0 Å². The van der Waals surface area contributed by atoms with Crippen molar-refractivity contribution in [1.29, 1.82) is 0 Å². The predicted octanol–water partition coefficient (Wildman–Crippen LogP) is 3.73. The highest BCUT2D eigenvalue weighted by Gasteiger charge is 2.30. The maximum Gasteiger partial charge on any atom is 0.416 e. The summed E-state index contributed by atoms with van der Waals surface area (Å²) in [7, 11) is 0. The molecular formula is C18H15F3N4O. The van der Waals surface area contributed by atoms with Gasteiger partial charge in [-0.25, -0.2) is 4.98 Å². The number of aromatic amines is 1. The van der Waals surface area contributed by atoms with Crippen molar-refractivity contribution in [3.8, 4) is 11.4 Å². The monoisotopic (exact) mass is 360 g/mol. The third-order valence-electron chi connectivity index (χ3n) is 3.73. The number of H-pyrrole nitrogens is 1. The normalized spacial score (nSPS) is 11.4. The second kappa shape index (κ2) is 6.99. The number of nitrogens with one attached hydrogen (secondary N) is 2. The maximum absolute atomic E-state index is 12.5. The molecule has 0 aliphatic carbocycles. The van der Waals surface area contributed by atoms with Gasteiger partial charge in [0.05, 0.1) is 12.1 Å². The van der Waals surface area contributed by atoms with Crippen LogP contribution in [0.4, 0.5) is 13.2 Å². The average Bonchev–Trinajstić information content (AvgIpc) is 3.08. The van der Waals surface area contributed by atoms with Gasteiger partial charge >= 0.3 is 6.18 Å². The third kappa shape index (κ3) is 4.08. The van der Waals surface area contributed by atoms with E-state index in [1.54, 1.807) is 0 Å². The second-order valence-corrected chi connectivity index (χ2v) is 5.73. The molecule has 0 atom stereocenters. The van der Waals surface area contributed by atoms with Crippen molar-refractivity contribution in [2.24, 2.45) is 0 Å². The molecule has 1 aromatic heterocycles. The Morgan fingerprint density at radius 2 is 1.73 bits per heavy atom. The first-order chi connectivity index (χ1) is 12.3. The Balaban J connectivity index is 1.62. The Labute approximate surface area is 147 Å². The zero-order chi connectivity index (χ0) is 18.7. The molecule has 0 spiro atoms. The van der Waals surface area contributed by atoms with E-state index in [1.807, 2.05) is 31.2 Å². The highest BCUT2D eigenvalue weighted by Crippen LogP contribution is 2.29. The number of carbonyl (C=O) groups excluding carboxylic acids is 1. The lowest BCUT2D eigenvalue weighted by molar-refractivity contribution is -0.137. The third-order valence-corrected chi connectivity index (χ3v) is 3.73. The highest BCUT2D eigenvalue weighted by molar-refractivity contribution is 5.94. The molecule has 0 unspecified atom stereocenters. The van der Waals surface area contributed by atoms with E-state index < -0.39 is 17.6 Å². The lowest BCUT2D eigenvalue weighted by Crippen LogP contribution is -2.23. The largest absolute Gasteiger partial charge is 0.416 e. The number of nitrogens with zero attached hydrogens (tertiary/aromatic N) is 2. The van der Waals surface area contributed by atoms with Crippen molar-refractivity contribution in [3.05, 3.63) is 71.0 Å². The molecule has 0 aliphatic rings. The van der Waals surface area contributed by atoms with E-state index in [1.165, 1.54) is 0 Å². The first-order valence-corrected chi connectivity index (χ1v) is 7.77. The minimum atomic E-state index is -4.43. The molecule has 1 amide bonds. The SMILES string of the molecule is Cc1ccc(-c2n[nH]c(CNC(=O)c3ccc(C(F)(F)F)cc3)n2)cc1. The minimum Gasteiger partial charge on any atom is -0.345 e. The number of alkyl halides is 3. The Kier molecular flexibility index (Phi) is 4.75. The van der Waals surface area contributed by atoms with Gasteiger partial charge in [-0.1, -0.05) is 29.8 Å². The van der Waals surface area contributed by atoms with Crippen molar-refractivity contribution in [2.75, 3.05) is 0 Å². The summed E-state index contributed by atoms with van der Waals surface area (Å²) in [6.45, 7) is 2.06. The van der Waals surface area contributed by atoms with Gasteiger partial charge in [0.25, 0.3) is 5.91 Å². The topological polar surface area (TPSA) is 70.7 Å². The molecule has 0 saturated heterocycles. The second-order valence-electron chi connectivity index (χ2n) is 5.73. The molecule has 0 aliphatic heterocycles. The van der Waals surface area contributed by atoms with Crippen LogP contribution in [0.1, 0.15) is 27.3 Å². The van der Waals surface area contributed by atoms with Gasteiger partial charge < -0.3 is 5.32 Å². The van der Waals surface area contributed by atoms with Crippen LogP contribution in [0, 0.1) is 6.92 Å². The van der Waals surface area contributed by atoms with Crippen molar-refractivity contribution < 1.29 is 18.0 Å². The van der Waals surface area contributed by atoms with Crippen LogP contribution in [0.2, 0.25) is 0 Å². The predicted molar refractivity (Wildman–Crippen MR) is 89.2 cm³/mol. The van der Waals surface area contributed by atoms with Crippen LogP contribution in [0.5, 0.6) is 0 Å². The average molecular weight is 360 g/mol. The quantitative estimate of drug-likeness (QED) is 0.745. The van der Waals surface area contributed by atoms with Crippen LogP contribution < -0.4 is 5.32 Å². The zero-order valence-corrected chi connectivity index (χ0v) is 13.8. The molecule has 5 nitrogen and oxygen atoms in total. The molecule has 26 heavy (non-hydrogen) atoms. The number of benzene rings is 2. The van der Waals surface area contributed by atoms with Gasteiger partial charge in [-0.15, -0.1) is 0 Å². The number of aryl methyl sites for hydroxylation is 1. The fraction of sp³-hybridized carbons (Fsp3) is 0.167. The molecule has 134 valence electrons. The zero-order valence-electron chi connectivity index (χ0n) is 13.8. The van der Waals surface area contributed by atoms with Crippen molar-refractivity contribution >= 4 is 5.91 Å². The Hall–Kier alpha value is -3.16. The maximum atomic E-state index is 12.5. The van der Waals surface area contributed by atoms with E-state index in [0.717, 1.165) is 35.4 Å². The summed E-state index contributed by atoms with van der Waals surface area (Å²) in [4.78, 5) is 16.3. The molecule has 1 heterocycles. The van der Waals surface area contributed by atoms with E-state index in [4.69, 9.17) is 0 Å². The van der Waals surface area contributed by atoms with Crippen LogP contribution in [-0.4, -0.2) is 21.1 Å². The highest BCUT2D eigenvalue weighted by atomic mass is 19.4. The number of hydrogen-bond acceptors (Lipinski definition) is 3. The summed E-state index contributed by atoms with van der Waals surface area (Å²) in [5.74, 6) is 0.455. The summed E-state index contributed by atoms with van der Waals surface area (Å²) >= 11 is 0. The molecule has 0 bridgehead atoms. The molecule has 8 heteroatoms. The number of halogens is 3. The van der Waals surface area contributed by atoms with Gasteiger partial charge in [0.2, 0.25) is 0 Å². The van der Waals surface area contributed by atoms with Gasteiger partial charge in [-0.3, -0.25) is 9.89 Å². The fourth-order valence-corrected chi connectivity index (χ4v) is 2.28. The van der Waals surface area contributed by atoms with Crippen molar-refractivity contribution in [1.82, 2.24) is 20.5 Å². The first kappa shape index (κ1) is 17.7. The fourth-order valence-electron chi connectivity index (χ4n) is 2.28. The number of hydrogen-bond donors (Lipinski definition) is 2. The Morgan fingerprint density at radius 1 is 1.08 bits per heavy atom. The molecule has 0 radical (unpaired) electrons. The van der Waals surface area contributed by atoms with E-state index in [0.29, 0.717) is 11.6 Å². The number of amides is 1. The Bertz CT molecular complexity index is 899. The van der Waals surface area contributed by atoms with Crippen LogP contribution in [0.25, 0.3) is 11.4 Å². The Morgan fingerprint density at radius 3 is 2.35 bits per heavy atom. The van der Waals surface area contributed by atoms with Gasteiger partial charge in [0.1, 0.15) is 5.82 Å². The van der Waals surface area contributed by atoms with E-state index >= 15 is 0 Å². The van der Waals surface area contributed by atoms with E-state index in [-0.39, 0.29) is 12.1 Å². The number of rotatable bonds is 4. The summed E-state index contributed by atoms with van der Waals surface area (Å²) in [5.41, 5.74) is 1.30. The van der Waals surface area contributed by atoms with E-state index in [2.05, 4.69) is 20.5 Å². The number of aromatic nitrogens is 3. The van der Waals surface area contributed by atoms with Gasteiger partial charge in [0.15, 0.2) is 5.82 Å². The molecule has 2 N–H and O–H groups in total. The lowest BCUT2D eigenvalue weighted by Gasteiger charge is -2.07. The van der Waals surface area contributed by atoms with Crippen LogP contribution in [0.3, 0.4) is 0 Å². The molecule has 3 aromatic rings. The molecular weight excluding hydrogens is 345 g/mol. The molecule has 3 rings (SSSR count). The van der Waals surface area contributed by atoms with Gasteiger partial charge in [-0.2, -0.15) is 18.3 Å². The molecule has 0 saturated carbocycles. The summed E-state index contributed by atoms with van der Waals surface area (Å²) < 4.78 is 37.6. The van der Waals surface area contributed by atoms with Crippen LogP contribution in [-0.2, 0) is 12.7 Å². The van der Waals surface area contributed by atoms with Gasteiger partial charge in [-0.05, 0) is 31.2 Å². The van der Waals surface area contributed by atoms with Crippen molar-refractivity contribution in [2.45, 2.75) is 19.6 Å². The summed E-state index contributed by atoms with van der Waals surface area (Å²) in [6, 6.07) is 11.7. The standard InChI is InChI=1S/C18H15F3N4O/c1-11-2-4-12(5-3-11)16-23-15(24-25-16)10-22-17(26)13-6-8-14(9-7-13)18(19,20)21/h2-9H,10H2,1H3,(H,22,26)(H,23,24,25). The number of carbonyl (C=O) groups is 1. The smallest absolute Gasteiger partial charge is 0.345 e. The van der Waals surface area contributed by atoms with Crippen LogP contribution in [0.15, 0.2) is 48.5 Å². The van der Waals surface area contributed by atoms with Crippen LogP contribution >= 0.6 is 0 Å². The molecule has 2 aromatic carbocycles. The lowest BCUT2D eigenvalue weighted by atomic mass is 10.1. The summed E-state index contributed by atoms with van der Waals surface area (Å²) in [6.07, 6.45) is -4.43. The van der Waals surface area contributed by atoms with E-state index in [9.17, 15) is 18.0 Å². The summed E-state index contributed by atoms with van der Waals surface area (Å²) in [5, 5.41) is 9.42. The first-order valence-electron chi connectivity index (χ1n) is 7.77. The minimum absolute atomic E-state index is 0.0821. The van der Waals surface area contributed by atoms with Gasteiger partial charge in [0, 0.05) is 11.1 Å². The molecule has 0 fully saturated rings.